The Morgan fingerprint density at radius 3 is 2.50 bits per heavy atom. The van der Waals surface area contributed by atoms with Crippen LogP contribution >= 0.6 is 0 Å². The molecule has 12 heavy (non-hydrogen) atoms. The van der Waals surface area contributed by atoms with Crippen LogP contribution in [0.3, 0.4) is 0 Å². The lowest BCUT2D eigenvalue weighted by molar-refractivity contribution is -0.106. The predicted octanol–water partition coefficient (Wildman–Crippen LogP) is 0.617. The van der Waals surface area contributed by atoms with Crippen LogP contribution in [-0.4, -0.2) is 17.4 Å². The van der Waals surface area contributed by atoms with Gasteiger partial charge in [0.15, 0.2) is 6.29 Å². The molecule has 1 rings (SSSR count). The number of rotatable bonds is 3. The first-order valence-corrected chi connectivity index (χ1v) is 3.55. The van der Waals surface area contributed by atoms with E-state index >= 15 is 0 Å². The smallest absolute Gasteiger partial charge is 0.226 e. The largest absolute Gasteiger partial charge is 0.298 e. The van der Waals surface area contributed by atoms with Crippen molar-refractivity contribution in [3.63, 3.8) is 0 Å². The summed E-state index contributed by atoms with van der Waals surface area (Å²) in [7, 11) is 0. The lowest BCUT2D eigenvalue weighted by Crippen LogP contribution is -2.15. The highest BCUT2D eigenvalue weighted by Crippen LogP contribution is 2.10. The molecular weight excluding hydrogens is 156 g/mol. The molecule has 4 heteroatoms. The number of nitrogens with one attached hydrogen (secondary N) is 1. The molecule has 1 aromatic rings. The van der Waals surface area contributed by atoms with E-state index in [-0.39, 0.29) is 0 Å². The molecule has 0 saturated heterocycles. The molecule has 0 bridgehead atoms. The van der Waals surface area contributed by atoms with Crippen LogP contribution in [0.4, 0.5) is 0 Å². The molecule has 1 heterocycles. The third-order valence-electron chi connectivity index (χ3n) is 1.78. The average Bonchev–Trinajstić information content (AvgIpc) is 2.32. The van der Waals surface area contributed by atoms with Gasteiger partial charge in [0.1, 0.15) is 0 Å². The molecule has 1 amide bonds. The summed E-state index contributed by atoms with van der Waals surface area (Å²) in [6.45, 7) is 3.59. The van der Waals surface area contributed by atoms with E-state index < -0.39 is 0 Å². The molecule has 0 aromatic carbocycles. The summed E-state index contributed by atoms with van der Waals surface area (Å²) in [4.78, 5) is 20.6. The summed E-state index contributed by atoms with van der Waals surface area (Å²) < 4.78 is 1.57. The Labute approximate surface area is 70.2 Å². The Morgan fingerprint density at radius 1 is 1.42 bits per heavy atom. The van der Waals surface area contributed by atoms with E-state index in [2.05, 4.69) is 5.43 Å². The summed E-state index contributed by atoms with van der Waals surface area (Å²) in [6.07, 6.45) is 1.35. The van der Waals surface area contributed by atoms with Crippen molar-refractivity contribution < 1.29 is 9.59 Å². The van der Waals surface area contributed by atoms with Crippen LogP contribution in [0.15, 0.2) is 6.07 Å². The Kier molecular flexibility index (Phi) is 2.28. The van der Waals surface area contributed by atoms with Gasteiger partial charge < -0.3 is 0 Å². The predicted molar refractivity (Wildman–Crippen MR) is 44.7 cm³/mol. The van der Waals surface area contributed by atoms with Crippen molar-refractivity contribution in [3.05, 3.63) is 23.0 Å². The average molecular weight is 166 g/mol. The molecule has 0 atom stereocenters. The van der Waals surface area contributed by atoms with Crippen LogP contribution in [0.1, 0.15) is 21.7 Å². The van der Waals surface area contributed by atoms with E-state index in [1.54, 1.807) is 17.7 Å². The summed E-state index contributed by atoms with van der Waals surface area (Å²) in [6, 6.07) is 1.72. The second kappa shape index (κ2) is 3.21. The lowest BCUT2D eigenvalue weighted by Gasteiger charge is -2.05. The van der Waals surface area contributed by atoms with E-state index in [0.717, 1.165) is 17.7 Å². The zero-order valence-electron chi connectivity index (χ0n) is 7.00. The van der Waals surface area contributed by atoms with Gasteiger partial charge >= 0.3 is 0 Å². The second-order valence-corrected chi connectivity index (χ2v) is 2.53. The second-order valence-electron chi connectivity index (χ2n) is 2.53. The van der Waals surface area contributed by atoms with Gasteiger partial charge in [-0.25, -0.2) is 0 Å². The van der Waals surface area contributed by atoms with Crippen molar-refractivity contribution in [2.75, 3.05) is 5.43 Å². The minimum atomic E-state index is 0.578. The standard InChI is InChI=1S/C8H10N2O2/c1-6-3-8(4-11)7(2)10(6)9-5-12/h3-5H,1-2H3,(H,9,12). The molecule has 1 aromatic heterocycles. The fourth-order valence-corrected chi connectivity index (χ4v) is 1.16. The highest BCUT2D eigenvalue weighted by molar-refractivity contribution is 5.77. The summed E-state index contributed by atoms with van der Waals surface area (Å²) in [5, 5.41) is 0. The maximum atomic E-state index is 10.5. The van der Waals surface area contributed by atoms with Crippen LogP contribution in [-0.2, 0) is 4.79 Å². The van der Waals surface area contributed by atoms with Crippen LogP contribution in [0.2, 0.25) is 0 Å². The van der Waals surface area contributed by atoms with Crippen molar-refractivity contribution in [1.29, 1.82) is 0 Å². The number of carbonyl (C=O) groups is 2. The molecule has 0 aliphatic heterocycles. The summed E-state index contributed by atoms with van der Waals surface area (Å²) in [5.74, 6) is 0. The Hall–Kier alpha value is -1.58. The van der Waals surface area contributed by atoms with Gasteiger partial charge in [0.25, 0.3) is 0 Å². The number of hydrogen-bond donors (Lipinski definition) is 1. The van der Waals surface area contributed by atoms with Gasteiger partial charge in [-0.05, 0) is 19.9 Å². The molecule has 0 fully saturated rings. The summed E-state index contributed by atoms with van der Waals surface area (Å²) >= 11 is 0. The highest BCUT2D eigenvalue weighted by atomic mass is 16.1. The Balaban J connectivity index is 3.17. The molecule has 4 nitrogen and oxygen atoms in total. The first-order valence-electron chi connectivity index (χ1n) is 3.55. The number of aromatic nitrogens is 1. The molecule has 0 saturated carbocycles. The number of aldehydes is 1. The van der Waals surface area contributed by atoms with Gasteiger partial charge in [0.05, 0.1) is 0 Å². The monoisotopic (exact) mass is 166 g/mol. The van der Waals surface area contributed by atoms with Crippen molar-refractivity contribution in [1.82, 2.24) is 4.68 Å². The lowest BCUT2D eigenvalue weighted by atomic mass is 10.3. The maximum Gasteiger partial charge on any atom is 0.226 e. The van der Waals surface area contributed by atoms with E-state index in [9.17, 15) is 9.59 Å². The minimum Gasteiger partial charge on any atom is -0.298 e. The fraction of sp³-hybridized carbons (Fsp3) is 0.250. The molecule has 0 aliphatic rings. The van der Waals surface area contributed by atoms with E-state index in [1.165, 1.54) is 0 Å². The van der Waals surface area contributed by atoms with Gasteiger partial charge in [-0.2, -0.15) is 0 Å². The highest BCUT2D eigenvalue weighted by Gasteiger charge is 2.06. The van der Waals surface area contributed by atoms with Gasteiger partial charge in [0.2, 0.25) is 6.41 Å². The Morgan fingerprint density at radius 2 is 2.08 bits per heavy atom. The first-order chi connectivity index (χ1) is 5.70. The van der Waals surface area contributed by atoms with Crippen molar-refractivity contribution in [2.24, 2.45) is 0 Å². The molecule has 0 radical (unpaired) electrons. The molecule has 1 N–H and O–H groups in total. The fourth-order valence-electron chi connectivity index (χ4n) is 1.16. The van der Waals surface area contributed by atoms with Gasteiger partial charge in [-0.1, -0.05) is 0 Å². The zero-order valence-corrected chi connectivity index (χ0v) is 7.00. The number of hydrogen-bond acceptors (Lipinski definition) is 2. The van der Waals surface area contributed by atoms with Crippen LogP contribution in [0.25, 0.3) is 0 Å². The summed E-state index contributed by atoms with van der Waals surface area (Å²) in [5.41, 5.74) is 4.65. The third kappa shape index (κ3) is 1.23. The van der Waals surface area contributed by atoms with Crippen molar-refractivity contribution >= 4 is 12.7 Å². The Bertz CT molecular complexity index is 315. The van der Waals surface area contributed by atoms with Gasteiger partial charge in [-0.3, -0.25) is 19.7 Å². The van der Waals surface area contributed by atoms with Gasteiger partial charge in [0, 0.05) is 17.0 Å². The minimum absolute atomic E-state index is 0.578. The molecular formula is C8H10N2O2. The normalized spacial score (nSPS) is 9.50. The number of aryl methyl sites for hydroxylation is 1. The van der Waals surface area contributed by atoms with Crippen molar-refractivity contribution in [3.8, 4) is 0 Å². The van der Waals surface area contributed by atoms with Crippen molar-refractivity contribution in [2.45, 2.75) is 13.8 Å². The van der Waals surface area contributed by atoms with E-state index in [0.29, 0.717) is 12.0 Å². The zero-order chi connectivity index (χ0) is 9.14. The maximum absolute atomic E-state index is 10.5. The van der Waals surface area contributed by atoms with E-state index in [4.69, 9.17) is 0 Å². The van der Waals surface area contributed by atoms with Crippen LogP contribution in [0, 0.1) is 13.8 Å². The third-order valence-corrected chi connectivity index (χ3v) is 1.78. The number of carbonyl (C=O) groups excluding carboxylic acids is 2. The molecule has 0 aliphatic carbocycles. The molecule has 64 valence electrons. The number of nitrogens with zero attached hydrogens (tertiary/aromatic N) is 1. The van der Waals surface area contributed by atoms with E-state index in [1.807, 2.05) is 6.92 Å². The SMILES string of the molecule is Cc1cc(C=O)c(C)n1NC=O. The van der Waals surface area contributed by atoms with Crippen LogP contribution in [0.5, 0.6) is 0 Å². The molecule has 0 spiro atoms. The van der Waals surface area contributed by atoms with Crippen LogP contribution < -0.4 is 5.43 Å². The number of amides is 1. The topological polar surface area (TPSA) is 51.1 Å². The molecule has 0 unspecified atom stereocenters. The van der Waals surface area contributed by atoms with Gasteiger partial charge in [-0.15, -0.1) is 0 Å². The quantitative estimate of drug-likeness (QED) is 0.669. The first kappa shape index (κ1) is 8.52.